The largest absolute Gasteiger partial charge is 0.354 e. The zero-order valence-electron chi connectivity index (χ0n) is 8.84. The van der Waals surface area contributed by atoms with Gasteiger partial charge in [-0.1, -0.05) is 20.8 Å². The lowest BCUT2D eigenvalue weighted by molar-refractivity contribution is 0.389. The minimum Gasteiger partial charge on any atom is -0.354 e. The van der Waals surface area contributed by atoms with Crippen molar-refractivity contribution in [1.29, 1.82) is 0 Å². The van der Waals surface area contributed by atoms with Gasteiger partial charge in [0.1, 0.15) is 0 Å². The third-order valence-corrected chi connectivity index (χ3v) is 2.34. The van der Waals surface area contributed by atoms with E-state index in [1.807, 2.05) is 12.4 Å². The molecule has 0 unspecified atom stereocenters. The molecule has 4 heteroatoms. The van der Waals surface area contributed by atoms with E-state index in [-0.39, 0.29) is 0 Å². The Bertz CT molecular complexity index is 276. The third kappa shape index (κ3) is 4.74. The maximum Gasteiger partial charge on any atom is 0.222 e. The summed E-state index contributed by atoms with van der Waals surface area (Å²) in [5.74, 6) is 0.717. The summed E-state index contributed by atoms with van der Waals surface area (Å²) >= 11 is 2.19. The van der Waals surface area contributed by atoms with Gasteiger partial charge in [0.2, 0.25) is 5.95 Å². The number of hydrogen-bond donors (Lipinski definition) is 1. The van der Waals surface area contributed by atoms with E-state index in [2.05, 4.69) is 58.6 Å². The summed E-state index contributed by atoms with van der Waals surface area (Å²) in [7, 11) is 0. The molecule has 0 radical (unpaired) electrons. The normalized spacial score (nSPS) is 11.4. The summed E-state index contributed by atoms with van der Waals surface area (Å²) in [6.45, 7) is 7.60. The second kappa shape index (κ2) is 4.91. The van der Waals surface area contributed by atoms with Gasteiger partial charge >= 0.3 is 0 Å². The molecule has 0 aromatic carbocycles. The molecule has 0 saturated heterocycles. The highest BCUT2D eigenvalue weighted by molar-refractivity contribution is 14.1. The highest BCUT2D eigenvalue weighted by Gasteiger charge is 2.09. The molecule has 1 heterocycles. The SMILES string of the molecule is CC(C)(C)CCNc1ncc(I)cn1. The first-order chi connectivity index (χ1) is 6.47. The molecule has 1 N–H and O–H groups in total. The Morgan fingerprint density at radius 3 is 2.36 bits per heavy atom. The van der Waals surface area contributed by atoms with Crippen LogP contribution in [0.15, 0.2) is 12.4 Å². The first-order valence-corrected chi connectivity index (χ1v) is 5.77. The van der Waals surface area contributed by atoms with E-state index in [1.54, 1.807) is 0 Å². The van der Waals surface area contributed by atoms with Crippen molar-refractivity contribution in [3.05, 3.63) is 16.0 Å². The number of aromatic nitrogens is 2. The minimum atomic E-state index is 0.357. The lowest BCUT2D eigenvalue weighted by Gasteiger charge is -2.17. The van der Waals surface area contributed by atoms with Crippen LogP contribution in [-0.2, 0) is 0 Å². The molecule has 1 aromatic rings. The van der Waals surface area contributed by atoms with Gasteiger partial charge in [-0.3, -0.25) is 0 Å². The molecule has 1 aromatic heterocycles. The second-order valence-corrected chi connectivity index (χ2v) is 5.71. The summed E-state index contributed by atoms with van der Waals surface area (Å²) in [5, 5.41) is 3.20. The zero-order valence-corrected chi connectivity index (χ0v) is 11.0. The molecule has 0 atom stereocenters. The number of anilines is 1. The van der Waals surface area contributed by atoms with Crippen molar-refractivity contribution in [2.45, 2.75) is 27.2 Å². The maximum absolute atomic E-state index is 4.17. The van der Waals surface area contributed by atoms with Gasteiger partial charge in [0.05, 0.1) is 0 Å². The van der Waals surface area contributed by atoms with Crippen LogP contribution in [0.5, 0.6) is 0 Å². The predicted octanol–water partition coefficient (Wildman–Crippen LogP) is 2.93. The highest BCUT2D eigenvalue weighted by atomic mass is 127. The second-order valence-electron chi connectivity index (χ2n) is 4.46. The lowest BCUT2D eigenvalue weighted by Crippen LogP contribution is -2.14. The first-order valence-electron chi connectivity index (χ1n) is 4.69. The van der Waals surface area contributed by atoms with E-state index in [1.165, 1.54) is 0 Å². The number of nitrogens with zero attached hydrogens (tertiary/aromatic N) is 2. The monoisotopic (exact) mass is 305 g/mol. The molecule has 78 valence electrons. The lowest BCUT2D eigenvalue weighted by atomic mass is 9.92. The fraction of sp³-hybridized carbons (Fsp3) is 0.600. The van der Waals surface area contributed by atoms with Gasteiger partial charge in [-0.15, -0.1) is 0 Å². The maximum atomic E-state index is 4.17. The van der Waals surface area contributed by atoms with Crippen LogP contribution in [0.2, 0.25) is 0 Å². The van der Waals surface area contributed by atoms with Gasteiger partial charge < -0.3 is 5.32 Å². The van der Waals surface area contributed by atoms with E-state index >= 15 is 0 Å². The van der Waals surface area contributed by atoms with Crippen molar-refractivity contribution in [3.63, 3.8) is 0 Å². The Labute approximate surface area is 98.9 Å². The topological polar surface area (TPSA) is 37.8 Å². The quantitative estimate of drug-likeness (QED) is 0.873. The molecule has 0 amide bonds. The molecular formula is C10H16IN3. The van der Waals surface area contributed by atoms with E-state index in [4.69, 9.17) is 0 Å². The highest BCUT2D eigenvalue weighted by Crippen LogP contribution is 2.17. The Balaban J connectivity index is 2.35. The fourth-order valence-electron chi connectivity index (χ4n) is 0.953. The third-order valence-electron chi connectivity index (χ3n) is 1.78. The van der Waals surface area contributed by atoms with Crippen molar-refractivity contribution in [1.82, 2.24) is 9.97 Å². The van der Waals surface area contributed by atoms with E-state index in [9.17, 15) is 0 Å². The van der Waals surface area contributed by atoms with Crippen LogP contribution in [0.3, 0.4) is 0 Å². The van der Waals surface area contributed by atoms with Crippen molar-refractivity contribution >= 4 is 28.5 Å². The molecule has 0 aliphatic carbocycles. The van der Waals surface area contributed by atoms with Gasteiger partial charge in [0, 0.05) is 22.5 Å². The number of nitrogens with one attached hydrogen (secondary N) is 1. The molecule has 0 saturated carbocycles. The van der Waals surface area contributed by atoms with Gasteiger partial charge in [0.15, 0.2) is 0 Å². The van der Waals surface area contributed by atoms with Crippen molar-refractivity contribution in [2.75, 3.05) is 11.9 Å². The Morgan fingerprint density at radius 2 is 1.86 bits per heavy atom. The molecular weight excluding hydrogens is 289 g/mol. The van der Waals surface area contributed by atoms with E-state index in [0.29, 0.717) is 5.41 Å². The summed E-state index contributed by atoms with van der Waals surface area (Å²) in [6, 6.07) is 0. The number of rotatable bonds is 3. The standard InChI is InChI=1S/C10H16IN3/c1-10(2,3)4-5-12-9-13-6-8(11)7-14-9/h6-7H,4-5H2,1-3H3,(H,12,13,14). The van der Waals surface area contributed by atoms with Gasteiger partial charge in [-0.2, -0.15) is 0 Å². The Morgan fingerprint density at radius 1 is 1.29 bits per heavy atom. The molecule has 0 spiro atoms. The van der Waals surface area contributed by atoms with E-state index in [0.717, 1.165) is 22.5 Å². The van der Waals surface area contributed by atoms with Crippen LogP contribution in [-0.4, -0.2) is 16.5 Å². The molecule has 0 aliphatic heterocycles. The summed E-state index contributed by atoms with van der Waals surface area (Å²) in [6.07, 6.45) is 4.74. The van der Waals surface area contributed by atoms with Crippen LogP contribution in [0.25, 0.3) is 0 Å². The smallest absolute Gasteiger partial charge is 0.222 e. The summed E-state index contributed by atoms with van der Waals surface area (Å²) in [4.78, 5) is 8.34. The predicted molar refractivity (Wildman–Crippen MR) is 67.3 cm³/mol. The Kier molecular flexibility index (Phi) is 4.10. The van der Waals surface area contributed by atoms with Crippen LogP contribution in [0, 0.1) is 8.99 Å². The Hall–Kier alpha value is -0.390. The molecule has 0 fully saturated rings. The van der Waals surface area contributed by atoms with Gasteiger partial charge in [-0.25, -0.2) is 9.97 Å². The first kappa shape index (κ1) is 11.7. The summed E-state index contributed by atoms with van der Waals surface area (Å²) in [5.41, 5.74) is 0.357. The van der Waals surface area contributed by atoms with E-state index < -0.39 is 0 Å². The number of hydrogen-bond acceptors (Lipinski definition) is 3. The van der Waals surface area contributed by atoms with Crippen LogP contribution in [0.1, 0.15) is 27.2 Å². The number of halogens is 1. The van der Waals surface area contributed by atoms with Crippen molar-refractivity contribution in [3.8, 4) is 0 Å². The van der Waals surface area contributed by atoms with Crippen molar-refractivity contribution in [2.24, 2.45) is 5.41 Å². The van der Waals surface area contributed by atoms with Crippen LogP contribution >= 0.6 is 22.6 Å². The van der Waals surface area contributed by atoms with Gasteiger partial charge in [-0.05, 0) is 34.4 Å². The molecule has 1 rings (SSSR count). The average Bonchev–Trinajstić information content (AvgIpc) is 2.06. The average molecular weight is 305 g/mol. The van der Waals surface area contributed by atoms with Crippen LogP contribution in [0.4, 0.5) is 5.95 Å². The molecule has 0 bridgehead atoms. The fourth-order valence-corrected chi connectivity index (χ4v) is 1.23. The molecule has 0 aliphatic rings. The van der Waals surface area contributed by atoms with Gasteiger partial charge in [0.25, 0.3) is 0 Å². The van der Waals surface area contributed by atoms with Crippen molar-refractivity contribution < 1.29 is 0 Å². The minimum absolute atomic E-state index is 0.357. The molecule has 3 nitrogen and oxygen atoms in total. The molecule has 14 heavy (non-hydrogen) atoms. The zero-order chi connectivity index (χ0) is 10.6. The van der Waals surface area contributed by atoms with Crippen LogP contribution < -0.4 is 5.32 Å². The summed E-state index contributed by atoms with van der Waals surface area (Å²) < 4.78 is 1.06.